The number of H-pyrrole nitrogens is 2. The number of rotatable bonds is 1. The highest BCUT2D eigenvalue weighted by Crippen LogP contribution is 2.37. The number of imidazole rings is 1. The molecule has 2 N–H and O–H groups in total. The van der Waals surface area contributed by atoms with Crippen molar-refractivity contribution in [3.05, 3.63) is 28.7 Å². The lowest BCUT2D eigenvalue weighted by Crippen LogP contribution is -1.99. The minimum atomic E-state index is -4.32. The fourth-order valence-corrected chi connectivity index (χ4v) is 1.79. The van der Waals surface area contributed by atoms with Crippen LogP contribution >= 0.6 is 11.8 Å². The fourth-order valence-electron chi connectivity index (χ4n) is 1.21. The quantitative estimate of drug-likeness (QED) is 0.744. The van der Waals surface area contributed by atoms with E-state index < -0.39 is 11.2 Å². The zero-order valence-corrected chi connectivity index (χ0v) is 8.00. The SMILES string of the molecule is O=c1[nH]c2ccc(SC(F)(F)F)cc2[nH]1. The van der Waals surface area contributed by atoms with E-state index in [4.69, 9.17) is 0 Å². The molecule has 0 aliphatic heterocycles. The molecule has 0 aliphatic carbocycles. The summed E-state index contributed by atoms with van der Waals surface area (Å²) in [6.07, 6.45) is 0. The van der Waals surface area contributed by atoms with Gasteiger partial charge in [0.05, 0.1) is 11.0 Å². The molecule has 2 rings (SSSR count). The van der Waals surface area contributed by atoms with Crippen LogP contribution in [0.5, 0.6) is 0 Å². The average molecular weight is 234 g/mol. The predicted octanol–water partition coefficient (Wildman–Crippen LogP) is 2.47. The first-order valence-corrected chi connectivity index (χ1v) is 4.73. The van der Waals surface area contributed by atoms with Crippen molar-refractivity contribution in [1.82, 2.24) is 9.97 Å². The van der Waals surface area contributed by atoms with Crippen LogP contribution in [0.1, 0.15) is 0 Å². The summed E-state index contributed by atoms with van der Waals surface area (Å²) in [5, 5.41) is 0. The minimum absolute atomic E-state index is 0.0465. The second-order valence-electron chi connectivity index (χ2n) is 2.83. The van der Waals surface area contributed by atoms with Crippen LogP contribution in [-0.2, 0) is 0 Å². The van der Waals surface area contributed by atoms with Crippen LogP contribution in [0, 0.1) is 0 Å². The summed E-state index contributed by atoms with van der Waals surface area (Å²) in [6.45, 7) is 0. The van der Waals surface area contributed by atoms with Crippen LogP contribution in [0.15, 0.2) is 27.9 Å². The van der Waals surface area contributed by atoms with Gasteiger partial charge in [0.1, 0.15) is 0 Å². The van der Waals surface area contributed by atoms with E-state index in [0.717, 1.165) is 0 Å². The summed E-state index contributed by atoms with van der Waals surface area (Å²) >= 11 is -0.211. The second kappa shape index (κ2) is 3.34. The maximum atomic E-state index is 12.0. The average Bonchev–Trinajstić information content (AvgIpc) is 2.40. The van der Waals surface area contributed by atoms with Crippen LogP contribution in [-0.4, -0.2) is 15.5 Å². The number of alkyl halides is 3. The number of aromatic nitrogens is 2. The Bertz CT molecular complexity index is 543. The molecule has 1 aromatic heterocycles. The van der Waals surface area contributed by atoms with Crippen molar-refractivity contribution in [1.29, 1.82) is 0 Å². The maximum absolute atomic E-state index is 12.0. The number of halogens is 3. The van der Waals surface area contributed by atoms with Gasteiger partial charge >= 0.3 is 11.2 Å². The van der Waals surface area contributed by atoms with Crippen LogP contribution in [0.2, 0.25) is 0 Å². The summed E-state index contributed by atoms with van der Waals surface area (Å²) in [5.41, 5.74) is -3.88. The van der Waals surface area contributed by atoms with E-state index in [-0.39, 0.29) is 16.7 Å². The first-order chi connectivity index (χ1) is 6.94. The monoisotopic (exact) mass is 234 g/mol. The van der Waals surface area contributed by atoms with Gasteiger partial charge < -0.3 is 9.97 Å². The number of benzene rings is 1. The standard InChI is InChI=1S/C8H5F3N2OS/c9-8(10,11)15-4-1-2-5-6(3-4)13-7(14)12-5/h1-3H,(H2,12,13,14). The highest BCUT2D eigenvalue weighted by Gasteiger charge is 2.29. The number of nitrogens with one attached hydrogen (secondary N) is 2. The normalized spacial score (nSPS) is 12.2. The van der Waals surface area contributed by atoms with Gasteiger partial charge in [0.2, 0.25) is 0 Å². The van der Waals surface area contributed by atoms with Gasteiger partial charge in [-0.25, -0.2) is 4.79 Å². The highest BCUT2D eigenvalue weighted by molar-refractivity contribution is 8.00. The molecule has 3 nitrogen and oxygen atoms in total. The Balaban J connectivity index is 2.42. The first-order valence-electron chi connectivity index (χ1n) is 3.92. The van der Waals surface area contributed by atoms with Gasteiger partial charge in [0, 0.05) is 4.90 Å². The largest absolute Gasteiger partial charge is 0.446 e. The molecular weight excluding hydrogens is 229 g/mol. The van der Waals surface area contributed by atoms with E-state index in [2.05, 4.69) is 9.97 Å². The minimum Gasteiger partial charge on any atom is -0.306 e. The molecule has 0 saturated heterocycles. The molecule has 2 aromatic rings. The van der Waals surface area contributed by atoms with Crippen LogP contribution in [0.4, 0.5) is 13.2 Å². The van der Waals surface area contributed by atoms with Gasteiger partial charge in [-0.15, -0.1) is 0 Å². The van der Waals surface area contributed by atoms with Gasteiger partial charge in [-0.05, 0) is 30.0 Å². The Hall–Kier alpha value is -1.37. The van der Waals surface area contributed by atoms with E-state index in [1.54, 1.807) is 0 Å². The van der Waals surface area contributed by atoms with Crippen molar-refractivity contribution in [3.63, 3.8) is 0 Å². The smallest absolute Gasteiger partial charge is 0.306 e. The summed E-state index contributed by atoms with van der Waals surface area (Å²) < 4.78 is 36.1. The third kappa shape index (κ3) is 2.35. The first kappa shape index (κ1) is 10.2. The van der Waals surface area contributed by atoms with E-state index in [0.29, 0.717) is 11.0 Å². The highest BCUT2D eigenvalue weighted by atomic mass is 32.2. The molecule has 80 valence electrons. The molecule has 0 atom stereocenters. The third-order valence-electron chi connectivity index (χ3n) is 1.72. The van der Waals surface area contributed by atoms with Gasteiger partial charge in [0.15, 0.2) is 0 Å². The van der Waals surface area contributed by atoms with E-state index in [9.17, 15) is 18.0 Å². The van der Waals surface area contributed by atoms with Gasteiger partial charge in [-0.3, -0.25) is 0 Å². The van der Waals surface area contributed by atoms with Crippen molar-refractivity contribution < 1.29 is 13.2 Å². The van der Waals surface area contributed by atoms with E-state index >= 15 is 0 Å². The molecular formula is C8H5F3N2OS. The van der Waals surface area contributed by atoms with Crippen molar-refractivity contribution >= 4 is 22.8 Å². The molecule has 0 radical (unpaired) electrons. The predicted molar refractivity (Wildman–Crippen MR) is 50.8 cm³/mol. The van der Waals surface area contributed by atoms with Crippen molar-refractivity contribution in [2.24, 2.45) is 0 Å². The molecule has 15 heavy (non-hydrogen) atoms. The Kier molecular flexibility index (Phi) is 2.26. The molecule has 1 heterocycles. The number of thioether (sulfide) groups is 1. The summed E-state index contributed by atoms with van der Waals surface area (Å²) in [5.74, 6) is 0. The van der Waals surface area contributed by atoms with Crippen molar-refractivity contribution in [2.75, 3.05) is 0 Å². The van der Waals surface area contributed by atoms with Gasteiger partial charge in [0.25, 0.3) is 0 Å². The van der Waals surface area contributed by atoms with Gasteiger partial charge in [-0.2, -0.15) is 13.2 Å². The number of aromatic amines is 2. The fraction of sp³-hybridized carbons (Fsp3) is 0.125. The van der Waals surface area contributed by atoms with Crippen molar-refractivity contribution in [2.45, 2.75) is 10.4 Å². The molecule has 0 saturated carbocycles. The Morgan fingerprint density at radius 3 is 2.47 bits per heavy atom. The van der Waals surface area contributed by atoms with Crippen LogP contribution < -0.4 is 5.69 Å². The molecule has 0 bridgehead atoms. The lowest BCUT2D eigenvalue weighted by Gasteiger charge is -2.04. The lowest BCUT2D eigenvalue weighted by atomic mass is 10.3. The molecule has 1 aromatic carbocycles. The molecule has 0 fully saturated rings. The van der Waals surface area contributed by atoms with E-state index in [1.807, 2.05) is 0 Å². The zero-order chi connectivity index (χ0) is 11.1. The zero-order valence-electron chi connectivity index (χ0n) is 7.18. The van der Waals surface area contributed by atoms with E-state index in [1.165, 1.54) is 18.2 Å². The molecule has 0 amide bonds. The molecule has 0 aliphatic rings. The summed E-state index contributed by atoms with van der Waals surface area (Å²) in [6, 6.07) is 4.02. The topological polar surface area (TPSA) is 48.6 Å². The summed E-state index contributed by atoms with van der Waals surface area (Å²) in [7, 11) is 0. The molecule has 0 unspecified atom stereocenters. The Morgan fingerprint density at radius 2 is 1.80 bits per heavy atom. The maximum Gasteiger partial charge on any atom is 0.446 e. The molecule has 0 spiro atoms. The number of hydrogen-bond donors (Lipinski definition) is 2. The van der Waals surface area contributed by atoms with Gasteiger partial charge in [-0.1, -0.05) is 0 Å². The lowest BCUT2D eigenvalue weighted by molar-refractivity contribution is -0.0328. The Morgan fingerprint density at radius 1 is 1.13 bits per heavy atom. The second-order valence-corrected chi connectivity index (χ2v) is 3.97. The van der Waals surface area contributed by atoms with Crippen LogP contribution in [0.25, 0.3) is 11.0 Å². The Labute approximate surface area is 85.7 Å². The van der Waals surface area contributed by atoms with Crippen molar-refractivity contribution in [3.8, 4) is 0 Å². The van der Waals surface area contributed by atoms with Crippen LogP contribution in [0.3, 0.4) is 0 Å². The third-order valence-corrected chi connectivity index (χ3v) is 2.44. The summed E-state index contributed by atoms with van der Waals surface area (Å²) in [4.78, 5) is 15.7. The molecule has 7 heteroatoms. The number of hydrogen-bond acceptors (Lipinski definition) is 2. The number of fused-ring (bicyclic) bond motifs is 1.